The minimum Gasteiger partial charge on any atom is -0.454 e. The SMILES string of the molecule is CC(=O)c1cccc(N2C[C@@H](C(=O)N[C@@H](CCc3ccccc3)[C@H](O)CN(CC(C)C)S(=O)(=O)c3ccc4c(c3)OCO4)OC2=O)c1. The molecule has 47 heavy (non-hydrogen) atoms. The van der Waals surface area contributed by atoms with Gasteiger partial charge in [0.1, 0.15) is 0 Å². The van der Waals surface area contributed by atoms with Gasteiger partial charge in [-0.05, 0) is 55.5 Å². The first-order valence-corrected chi connectivity index (χ1v) is 16.9. The summed E-state index contributed by atoms with van der Waals surface area (Å²) in [6.45, 7) is 4.86. The highest BCUT2D eigenvalue weighted by molar-refractivity contribution is 7.89. The van der Waals surface area contributed by atoms with Crippen molar-refractivity contribution in [3.63, 3.8) is 0 Å². The van der Waals surface area contributed by atoms with Crippen LogP contribution in [-0.2, 0) is 26.0 Å². The zero-order valence-corrected chi connectivity index (χ0v) is 27.3. The fourth-order valence-electron chi connectivity index (χ4n) is 5.51. The molecule has 13 heteroatoms. The third kappa shape index (κ3) is 8.10. The molecule has 3 atom stereocenters. The number of nitrogens with zero attached hydrogens (tertiary/aromatic N) is 2. The number of aliphatic hydroxyl groups is 1. The molecule has 1 saturated heterocycles. The van der Waals surface area contributed by atoms with Gasteiger partial charge in [-0.25, -0.2) is 13.2 Å². The van der Waals surface area contributed by atoms with Crippen LogP contribution in [-0.4, -0.2) is 80.3 Å². The molecule has 2 aliphatic heterocycles. The number of sulfonamides is 1. The van der Waals surface area contributed by atoms with E-state index in [0.717, 1.165) is 5.56 Å². The second-order valence-corrected chi connectivity index (χ2v) is 14.0. The van der Waals surface area contributed by atoms with E-state index < -0.39 is 40.3 Å². The Morgan fingerprint density at radius 2 is 1.74 bits per heavy atom. The highest BCUT2D eigenvalue weighted by Gasteiger charge is 2.39. The lowest BCUT2D eigenvalue weighted by Crippen LogP contribution is -2.52. The molecule has 0 saturated carbocycles. The number of aryl methyl sites for hydroxylation is 1. The summed E-state index contributed by atoms with van der Waals surface area (Å²) < 4.78 is 45.0. The number of ketones is 1. The van der Waals surface area contributed by atoms with E-state index >= 15 is 0 Å². The van der Waals surface area contributed by atoms with Crippen molar-refractivity contribution in [2.75, 3.05) is 31.3 Å². The van der Waals surface area contributed by atoms with Crippen LogP contribution in [0.1, 0.15) is 43.1 Å². The van der Waals surface area contributed by atoms with Crippen molar-refractivity contribution in [1.82, 2.24) is 9.62 Å². The van der Waals surface area contributed by atoms with Gasteiger partial charge in [-0.1, -0.05) is 56.3 Å². The lowest BCUT2D eigenvalue weighted by molar-refractivity contribution is -0.129. The summed E-state index contributed by atoms with van der Waals surface area (Å²) >= 11 is 0. The summed E-state index contributed by atoms with van der Waals surface area (Å²) in [6.07, 6.45) is -2.49. The molecule has 2 amide bonds. The summed E-state index contributed by atoms with van der Waals surface area (Å²) in [5.41, 5.74) is 1.79. The average molecular weight is 666 g/mol. The van der Waals surface area contributed by atoms with E-state index in [-0.39, 0.29) is 49.4 Å². The molecule has 0 aliphatic carbocycles. The van der Waals surface area contributed by atoms with Crippen molar-refractivity contribution < 1.29 is 42.1 Å². The van der Waals surface area contributed by atoms with Crippen LogP contribution < -0.4 is 19.7 Å². The summed E-state index contributed by atoms with van der Waals surface area (Å²) in [7, 11) is -4.09. The third-order valence-electron chi connectivity index (χ3n) is 7.99. The largest absolute Gasteiger partial charge is 0.454 e. The van der Waals surface area contributed by atoms with Gasteiger partial charge in [-0.3, -0.25) is 14.5 Å². The number of fused-ring (bicyclic) bond motifs is 1. The number of hydrogen-bond acceptors (Lipinski definition) is 9. The molecule has 0 bridgehead atoms. The lowest BCUT2D eigenvalue weighted by atomic mass is 10.0. The zero-order valence-electron chi connectivity index (χ0n) is 26.5. The Morgan fingerprint density at radius 1 is 1.00 bits per heavy atom. The maximum absolute atomic E-state index is 13.9. The number of carbonyl (C=O) groups excluding carboxylic acids is 3. The van der Waals surface area contributed by atoms with E-state index in [1.807, 2.05) is 44.2 Å². The van der Waals surface area contributed by atoms with Crippen LogP contribution in [0.4, 0.5) is 10.5 Å². The zero-order chi connectivity index (χ0) is 33.7. The molecule has 2 heterocycles. The lowest BCUT2D eigenvalue weighted by Gasteiger charge is -2.31. The number of nitrogens with one attached hydrogen (secondary N) is 1. The number of hydrogen-bond donors (Lipinski definition) is 2. The highest BCUT2D eigenvalue weighted by atomic mass is 32.2. The maximum Gasteiger partial charge on any atom is 0.415 e. The van der Waals surface area contributed by atoms with Crippen molar-refractivity contribution in [2.45, 2.75) is 56.8 Å². The molecule has 2 N–H and O–H groups in total. The Kier molecular flexibility index (Phi) is 10.5. The Labute approximate surface area is 274 Å². The van der Waals surface area contributed by atoms with E-state index in [0.29, 0.717) is 29.2 Å². The monoisotopic (exact) mass is 665 g/mol. The van der Waals surface area contributed by atoms with Crippen molar-refractivity contribution in [2.24, 2.45) is 5.92 Å². The van der Waals surface area contributed by atoms with Crippen LogP contribution in [0, 0.1) is 5.92 Å². The van der Waals surface area contributed by atoms with Gasteiger partial charge in [0, 0.05) is 30.4 Å². The number of benzene rings is 3. The van der Waals surface area contributed by atoms with E-state index in [2.05, 4.69) is 5.32 Å². The standard InChI is InChI=1S/C34H39N3O9S/c1-22(2)18-36(47(42,43)27-13-15-30-31(17-27)45-21-44-30)19-29(39)28(14-12-24-8-5-4-6-9-24)35-33(40)32-20-37(34(41)46-32)26-11-7-10-25(16-26)23(3)38/h4-11,13,15-17,22,28-29,32,39H,12,14,18-21H2,1-3H3,(H,35,40)/t28-,29+,32-/m0/s1. The number of amides is 2. The first-order valence-electron chi connectivity index (χ1n) is 15.4. The van der Waals surface area contributed by atoms with Gasteiger partial charge in [0.2, 0.25) is 16.8 Å². The molecule has 12 nitrogen and oxygen atoms in total. The van der Waals surface area contributed by atoms with Gasteiger partial charge in [0.05, 0.1) is 23.6 Å². The summed E-state index contributed by atoms with van der Waals surface area (Å²) in [5.74, 6) is -0.113. The van der Waals surface area contributed by atoms with Crippen molar-refractivity contribution in [1.29, 1.82) is 0 Å². The Balaban J connectivity index is 1.34. The summed E-state index contributed by atoms with van der Waals surface area (Å²) in [4.78, 5) is 39.4. The molecular formula is C34H39N3O9S. The molecule has 5 rings (SSSR count). The summed E-state index contributed by atoms with van der Waals surface area (Å²) in [5, 5.41) is 14.4. The second-order valence-electron chi connectivity index (χ2n) is 12.0. The van der Waals surface area contributed by atoms with E-state index in [1.165, 1.54) is 34.3 Å². The minimum absolute atomic E-state index is 0.00504. The van der Waals surface area contributed by atoms with E-state index in [9.17, 15) is 27.9 Å². The number of Topliss-reactive ketones (excluding diaryl/α,β-unsaturated/α-hetero) is 1. The molecular weight excluding hydrogens is 626 g/mol. The number of anilines is 1. The topological polar surface area (TPSA) is 152 Å². The fourth-order valence-corrected chi connectivity index (χ4v) is 7.14. The fraction of sp³-hybridized carbons (Fsp3) is 0.382. The molecule has 250 valence electrons. The number of rotatable bonds is 14. The third-order valence-corrected chi connectivity index (χ3v) is 9.82. The molecule has 3 aromatic carbocycles. The normalized spacial score (nSPS) is 17.1. The smallest absolute Gasteiger partial charge is 0.415 e. The van der Waals surface area contributed by atoms with Crippen LogP contribution in [0.5, 0.6) is 11.5 Å². The van der Waals surface area contributed by atoms with Crippen molar-refractivity contribution in [3.05, 3.63) is 83.9 Å². The minimum atomic E-state index is -4.09. The molecule has 2 aliphatic rings. The van der Waals surface area contributed by atoms with Gasteiger partial charge < -0.3 is 24.6 Å². The second kappa shape index (κ2) is 14.5. The van der Waals surface area contributed by atoms with Crippen LogP contribution >= 0.6 is 0 Å². The molecule has 1 fully saturated rings. The Morgan fingerprint density at radius 3 is 2.47 bits per heavy atom. The van der Waals surface area contributed by atoms with Crippen molar-refractivity contribution in [3.8, 4) is 11.5 Å². The highest BCUT2D eigenvalue weighted by Crippen LogP contribution is 2.35. The van der Waals surface area contributed by atoms with Gasteiger partial charge in [0.15, 0.2) is 23.4 Å². The predicted octanol–water partition coefficient (Wildman–Crippen LogP) is 3.77. The van der Waals surface area contributed by atoms with Gasteiger partial charge in [-0.15, -0.1) is 0 Å². The van der Waals surface area contributed by atoms with Crippen LogP contribution in [0.15, 0.2) is 77.7 Å². The van der Waals surface area contributed by atoms with E-state index in [1.54, 1.807) is 24.3 Å². The van der Waals surface area contributed by atoms with E-state index in [4.69, 9.17) is 14.2 Å². The maximum atomic E-state index is 13.9. The van der Waals surface area contributed by atoms with Gasteiger partial charge >= 0.3 is 6.09 Å². The molecule has 0 aromatic heterocycles. The Bertz CT molecular complexity index is 1710. The molecule has 0 radical (unpaired) electrons. The summed E-state index contributed by atoms with van der Waals surface area (Å²) in [6, 6.07) is 19.4. The van der Waals surface area contributed by atoms with Gasteiger partial charge in [-0.2, -0.15) is 4.31 Å². The first-order chi connectivity index (χ1) is 22.4. The number of cyclic esters (lactones) is 1. The van der Waals surface area contributed by atoms with Crippen molar-refractivity contribution >= 4 is 33.5 Å². The van der Waals surface area contributed by atoms with Crippen LogP contribution in [0.25, 0.3) is 0 Å². The number of aliphatic hydroxyl groups excluding tert-OH is 1. The number of ether oxygens (including phenoxy) is 3. The quantitative estimate of drug-likeness (QED) is 0.245. The predicted molar refractivity (Wildman–Crippen MR) is 173 cm³/mol. The van der Waals surface area contributed by atoms with Crippen LogP contribution in [0.3, 0.4) is 0 Å². The Hall–Kier alpha value is -4.46. The van der Waals surface area contributed by atoms with Gasteiger partial charge in [0.25, 0.3) is 5.91 Å². The molecule has 0 spiro atoms. The first kappa shape index (κ1) is 33.9. The molecule has 0 unspecified atom stereocenters. The van der Waals surface area contributed by atoms with Crippen LogP contribution in [0.2, 0.25) is 0 Å². The molecule has 3 aromatic rings. The number of carbonyl (C=O) groups is 3. The average Bonchev–Trinajstić information content (AvgIpc) is 3.69.